The van der Waals surface area contributed by atoms with Crippen LogP contribution in [0.2, 0.25) is 5.02 Å². The molecule has 2 aromatic carbocycles. The molecule has 0 fully saturated rings. The Hall–Kier alpha value is -3.04. The molecule has 1 amide bonds. The summed E-state index contributed by atoms with van der Waals surface area (Å²) in [7, 11) is 0. The number of hydrogen-bond donors (Lipinski definition) is 1. The average Bonchev–Trinajstić information content (AvgIpc) is 3.33. The van der Waals surface area contributed by atoms with Gasteiger partial charge in [0.25, 0.3) is 5.91 Å². The normalized spacial score (nSPS) is 15.7. The molecule has 188 valence electrons. The second-order valence-corrected chi connectivity index (χ2v) is 10.4. The number of carbonyl (C=O) groups is 1. The van der Waals surface area contributed by atoms with Crippen molar-refractivity contribution >= 4 is 33.7 Å². The van der Waals surface area contributed by atoms with Crippen LogP contribution in [0.15, 0.2) is 42.5 Å². The number of aromatic nitrogens is 2. The summed E-state index contributed by atoms with van der Waals surface area (Å²) >= 11 is 7.47. The van der Waals surface area contributed by atoms with Crippen molar-refractivity contribution in [3.8, 4) is 16.9 Å². The number of amides is 1. The Morgan fingerprint density at radius 2 is 1.97 bits per heavy atom. The molecule has 36 heavy (non-hydrogen) atoms. The van der Waals surface area contributed by atoms with Crippen LogP contribution < -0.4 is 10.1 Å². The van der Waals surface area contributed by atoms with E-state index < -0.39 is 11.7 Å². The summed E-state index contributed by atoms with van der Waals surface area (Å²) in [5, 5.41) is 7.36. The maximum absolute atomic E-state index is 13.5. The summed E-state index contributed by atoms with van der Waals surface area (Å²) in [6, 6.07) is 11.2. The maximum Gasteiger partial charge on any atom is 0.417 e. The number of ether oxygens (including phenoxy) is 1. The van der Waals surface area contributed by atoms with E-state index in [1.54, 1.807) is 17.5 Å². The number of nitrogens with zero attached hydrogens (tertiary/aromatic N) is 2. The van der Waals surface area contributed by atoms with Crippen LogP contribution in [0.3, 0.4) is 0 Å². The number of para-hydroxylation sites is 1. The number of carbonyl (C=O) groups excluding carboxylic acids is 1. The molecule has 5 nitrogen and oxygen atoms in total. The first-order valence-electron chi connectivity index (χ1n) is 11.5. The molecular formula is C26H23ClF3N3O2S. The van der Waals surface area contributed by atoms with Crippen LogP contribution in [0.4, 0.5) is 13.2 Å². The highest BCUT2D eigenvalue weighted by atomic mass is 35.5. The molecule has 1 atom stereocenters. The summed E-state index contributed by atoms with van der Waals surface area (Å²) in [4.78, 5) is 14.6. The third-order valence-electron chi connectivity index (χ3n) is 6.27. The lowest BCUT2D eigenvalue weighted by atomic mass is 10.0. The Bertz CT molecular complexity index is 1480. The van der Waals surface area contributed by atoms with Crippen molar-refractivity contribution in [3.05, 3.63) is 74.9 Å². The van der Waals surface area contributed by atoms with Gasteiger partial charge in [-0.15, -0.1) is 11.3 Å². The van der Waals surface area contributed by atoms with Gasteiger partial charge in [0, 0.05) is 23.1 Å². The van der Waals surface area contributed by atoms with E-state index in [0.717, 1.165) is 17.4 Å². The average molecular weight is 534 g/mol. The lowest BCUT2D eigenvalue weighted by Crippen LogP contribution is -2.32. The number of benzene rings is 2. The van der Waals surface area contributed by atoms with E-state index in [1.165, 1.54) is 17.4 Å². The SMILES string of the molecule is Cc1nn2c(C(C)C)c(C(=O)N[C@H]3CCOc4ccccc43)sc2c1-c1cccc(C(F)(F)F)c1Cl. The fourth-order valence-corrected chi connectivity index (χ4v) is 6.33. The highest BCUT2D eigenvalue weighted by Crippen LogP contribution is 2.44. The largest absolute Gasteiger partial charge is 0.493 e. The van der Waals surface area contributed by atoms with E-state index in [4.69, 9.17) is 16.3 Å². The summed E-state index contributed by atoms with van der Waals surface area (Å²) < 4.78 is 48.0. The van der Waals surface area contributed by atoms with Crippen molar-refractivity contribution in [2.24, 2.45) is 0 Å². The molecule has 10 heteroatoms. The van der Waals surface area contributed by atoms with Crippen LogP contribution in [0.5, 0.6) is 5.75 Å². The van der Waals surface area contributed by atoms with Gasteiger partial charge in [-0.25, -0.2) is 4.52 Å². The summed E-state index contributed by atoms with van der Waals surface area (Å²) in [6.45, 7) is 6.13. The van der Waals surface area contributed by atoms with E-state index in [2.05, 4.69) is 10.4 Å². The topological polar surface area (TPSA) is 55.6 Å². The van der Waals surface area contributed by atoms with Gasteiger partial charge in [-0.3, -0.25) is 4.79 Å². The van der Waals surface area contributed by atoms with Crippen molar-refractivity contribution in [3.63, 3.8) is 0 Å². The van der Waals surface area contributed by atoms with Crippen molar-refractivity contribution in [1.82, 2.24) is 14.9 Å². The van der Waals surface area contributed by atoms with Crippen LogP contribution in [0.1, 0.15) is 64.4 Å². The lowest BCUT2D eigenvalue weighted by molar-refractivity contribution is -0.137. The first-order chi connectivity index (χ1) is 17.1. The Balaban J connectivity index is 1.60. The monoisotopic (exact) mass is 533 g/mol. The van der Waals surface area contributed by atoms with Crippen molar-refractivity contribution < 1.29 is 22.7 Å². The molecule has 0 bridgehead atoms. The highest BCUT2D eigenvalue weighted by Gasteiger charge is 2.35. The zero-order chi connectivity index (χ0) is 25.8. The van der Waals surface area contributed by atoms with E-state index in [0.29, 0.717) is 39.7 Å². The molecule has 2 aromatic heterocycles. The summed E-state index contributed by atoms with van der Waals surface area (Å²) in [6.07, 6.45) is -3.96. The predicted octanol–water partition coefficient (Wildman–Crippen LogP) is 7.42. The van der Waals surface area contributed by atoms with E-state index in [1.807, 2.05) is 38.1 Å². The highest BCUT2D eigenvalue weighted by molar-refractivity contribution is 7.20. The zero-order valence-corrected chi connectivity index (χ0v) is 21.3. The standard InChI is InChI=1S/C26H23ClF3N3O2S/c1-13(2)22-23(24(34)31-18-11-12-35-19-10-5-4-7-15(18)19)36-25-20(14(3)32-33(22)25)16-8-6-9-17(21(16)27)26(28,29)30/h4-10,13,18H,11-12H2,1-3H3,(H,31,34)/t18-/m0/s1. The fourth-order valence-electron chi connectivity index (χ4n) is 4.65. The first kappa shape index (κ1) is 24.6. The van der Waals surface area contributed by atoms with E-state index in [9.17, 15) is 18.0 Å². The van der Waals surface area contributed by atoms with Gasteiger partial charge in [-0.1, -0.05) is 55.8 Å². The summed E-state index contributed by atoms with van der Waals surface area (Å²) in [5.74, 6) is 0.427. The molecule has 1 N–H and O–H groups in total. The third kappa shape index (κ3) is 4.14. The van der Waals surface area contributed by atoms with E-state index in [-0.39, 0.29) is 28.5 Å². The number of halogens is 4. The smallest absolute Gasteiger partial charge is 0.417 e. The number of aryl methyl sites for hydroxylation is 1. The van der Waals surface area contributed by atoms with Gasteiger partial charge >= 0.3 is 6.18 Å². The van der Waals surface area contributed by atoms with Gasteiger partial charge in [-0.05, 0) is 25.0 Å². The van der Waals surface area contributed by atoms with Crippen LogP contribution in [0, 0.1) is 6.92 Å². The Morgan fingerprint density at radius 3 is 2.69 bits per heavy atom. The van der Waals surface area contributed by atoms with Crippen molar-refractivity contribution in [2.75, 3.05) is 6.61 Å². The molecule has 0 radical (unpaired) electrons. The minimum absolute atomic E-state index is 0.0643. The molecule has 5 rings (SSSR count). The lowest BCUT2D eigenvalue weighted by Gasteiger charge is -2.26. The predicted molar refractivity (Wildman–Crippen MR) is 134 cm³/mol. The van der Waals surface area contributed by atoms with Gasteiger partial charge in [-0.2, -0.15) is 18.3 Å². The fraction of sp³-hybridized carbons (Fsp3) is 0.308. The van der Waals surface area contributed by atoms with Crippen molar-refractivity contribution in [2.45, 2.75) is 45.3 Å². The maximum atomic E-state index is 13.5. The molecule has 0 spiro atoms. The minimum Gasteiger partial charge on any atom is -0.493 e. The number of alkyl halides is 3. The molecule has 0 unspecified atom stereocenters. The molecule has 0 aliphatic carbocycles. The van der Waals surface area contributed by atoms with Gasteiger partial charge in [0.2, 0.25) is 0 Å². The number of rotatable bonds is 4. The molecule has 0 saturated heterocycles. The van der Waals surface area contributed by atoms with Crippen molar-refractivity contribution in [1.29, 1.82) is 0 Å². The van der Waals surface area contributed by atoms with Crippen LogP contribution in [-0.2, 0) is 6.18 Å². The number of nitrogens with one attached hydrogen (secondary N) is 1. The van der Waals surface area contributed by atoms with Crippen LogP contribution in [0.25, 0.3) is 16.0 Å². The Morgan fingerprint density at radius 1 is 1.22 bits per heavy atom. The Labute approximate surface area is 214 Å². The van der Waals surface area contributed by atoms with Gasteiger partial charge in [0.05, 0.1) is 34.6 Å². The van der Waals surface area contributed by atoms with E-state index >= 15 is 0 Å². The molecular weight excluding hydrogens is 511 g/mol. The van der Waals surface area contributed by atoms with Gasteiger partial charge in [0.1, 0.15) is 15.5 Å². The zero-order valence-electron chi connectivity index (χ0n) is 19.7. The second kappa shape index (κ2) is 9.12. The number of hydrogen-bond acceptors (Lipinski definition) is 4. The third-order valence-corrected chi connectivity index (χ3v) is 7.84. The summed E-state index contributed by atoms with van der Waals surface area (Å²) in [5.41, 5.74) is 1.98. The molecule has 1 aliphatic heterocycles. The van der Waals surface area contributed by atoms with Gasteiger partial charge < -0.3 is 10.1 Å². The molecule has 1 aliphatic rings. The van der Waals surface area contributed by atoms with Gasteiger partial charge in [0.15, 0.2) is 0 Å². The molecule has 0 saturated carbocycles. The van der Waals surface area contributed by atoms with Crippen LogP contribution >= 0.6 is 22.9 Å². The second-order valence-electron chi connectivity index (χ2n) is 9.01. The van der Waals surface area contributed by atoms with Crippen LogP contribution in [-0.4, -0.2) is 22.1 Å². The number of fused-ring (bicyclic) bond motifs is 2. The number of thiazole rings is 1. The first-order valence-corrected chi connectivity index (χ1v) is 12.7. The Kier molecular flexibility index (Phi) is 6.24. The molecule has 3 heterocycles. The quantitative estimate of drug-likeness (QED) is 0.297. The minimum atomic E-state index is -4.59. The molecule has 4 aromatic rings.